The summed E-state index contributed by atoms with van der Waals surface area (Å²) in [5, 5.41) is 3.76. The Kier molecular flexibility index (Phi) is 5.18. The standard InChI is InChI=1S/C18H36N2/c1-6-18(5)10-12-20(13-11-18)16-14-17(3,4)9-8-15(16)19-7-2/h15-16,19H,6-14H2,1-5H3. The van der Waals surface area contributed by atoms with Crippen molar-refractivity contribution in [3.05, 3.63) is 0 Å². The summed E-state index contributed by atoms with van der Waals surface area (Å²) in [4.78, 5) is 2.81. The first-order valence-corrected chi connectivity index (χ1v) is 8.86. The van der Waals surface area contributed by atoms with E-state index in [1.54, 1.807) is 0 Å². The molecule has 0 amide bonds. The molecule has 118 valence electrons. The molecule has 2 fully saturated rings. The number of rotatable bonds is 4. The number of nitrogens with zero attached hydrogens (tertiary/aromatic N) is 1. The van der Waals surface area contributed by atoms with Crippen LogP contribution in [0.5, 0.6) is 0 Å². The molecule has 0 bridgehead atoms. The molecule has 2 heteroatoms. The average Bonchev–Trinajstić information content (AvgIpc) is 2.42. The lowest BCUT2D eigenvalue weighted by atomic mass is 9.71. The predicted octanol–water partition coefficient (Wildman–Crippen LogP) is 4.06. The number of nitrogens with one attached hydrogen (secondary N) is 1. The van der Waals surface area contributed by atoms with Crippen LogP contribution in [0.3, 0.4) is 0 Å². The van der Waals surface area contributed by atoms with E-state index >= 15 is 0 Å². The van der Waals surface area contributed by atoms with Crippen molar-refractivity contribution in [2.45, 2.75) is 85.2 Å². The Balaban J connectivity index is 2.00. The average molecular weight is 280 g/mol. The van der Waals surface area contributed by atoms with E-state index in [0.717, 1.165) is 18.6 Å². The van der Waals surface area contributed by atoms with Gasteiger partial charge in [0.05, 0.1) is 0 Å². The van der Waals surface area contributed by atoms with Gasteiger partial charge in [-0.1, -0.05) is 41.0 Å². The van der Waals surface area contributed by atoms with Gasteiger partial charge < -0.3 is 5.32 Å². The minimum atomic E-state index is 0.530. The van der Waals surface area contributed by atoms with Crippen LogP contribution in [-0.2, 0) is 0 Å². The number of piperidine rings is 1. The normalized spacial score (nSPS) is 34.0. The van der Waals surface area contributed by atoms with Gasteiger partial charge in [0.25, 0.3) is 0 Å². The summed E-state index contributed by atoms with van der Waals surface area (Å²) >= 11 is 0. The van der Waals surface area contributed by atoms with Crippen LogP contribution in [-0.4, -0.2) is 36.6 Å². The first-order chi connectivity index (χ1) is 9.39. The highest BCUT2D eigenvalue weighted by atomic mass is 15.2. The smallest absolute Gasteiger partial charge is 0.0254 e. The highest BCUT2D eigenvalue weighted by Gasteiger charge is 2.40. The van der Waals surface area contributed by atoms with Crippen LogP contribution in [0.25, 0.3) is 0 Å². The fourth-order valence-corrected chi connectivity index (χ4v) is 4.18. The highest BCUT2D eigenvalue weighted by Crippen LogP contribution is 2.41. The van der Waals surface area contributed by atoms with Crippen molar-refractivity contribution in [2.24, 2.45) is 10.8 Å². The van der Waals surface area contributed by atoms with E-state index in [0.29, 0.717) is 10.8 Å². The molecule has 0 spiro atoms. The lowest BCUT2D eigenvalue weighted by Crippen LogP contribution is -2.57. The molecule has 0 aromatic heterocycles. The molecule has 2 unspecified atom stereocenters. The second-order valence-electron chi connectivity index (χ2n) is 8.34. The first-order valence-electron chi connectivity index (χ1n) is 8.86. The Morgan fingerprint density at radius 1 is 1.05 bits per heavy atom. The summed E-state index contributed by atoms with van der Waals surface area (Å²) in [5.41, 5.74) is 1.14. The van der Waals surface area contributed by atoms with Gasteiger partial charge in [0.2, 0.25) is 0 Å². The second kappa shape index (κ2) is 6.36. The van der Waals surface area contributed by atoms with Crippen LogP contribution >= 0.6 is 0 Å². The topological polar surface area (TPSA) is 15.3 Å². The molecule has 1 aliphatic heterocycles. The van der Waals surface area contributed by atoms with Crippen molar-refractivity contribution in [2.75, 3.05) is 19.6 Å². The zero-order valence-corrected chi connectivity index (χ0v) is 14.5. The Labute approximate surface area is 126 Å². The lowest BCUT2D eigenvalue weighted by Gasteiger charge is -2.50. The Morgan fingerprint density at radius 3 is 2.25 bits per heavy atom. The summed E-state index contributed by atoms with van der Waals surface area (Å²) in [5.74, 6) is 0. The molecule has 2 aliphatic rings. The van der Waals surface area contributed by atoms with E-state index in [4.69, 9.17) is 0 Å². The highest BCUT2D eigenvalue weighted by molar-refractivity contribution is 4.96. The molecule has 0 aromatic rings. The maximum atomic E-state index is 3.76. The fourth-order valence-electron chi connectivity index (χ4n) is 4.18. The van der Waals surface area contributed by atoms with Crippen molar-refractivity contribution >= 4 is 0 Å². The van der Waals surface area contributed by atoms with Crippen LogP contribution in [0.1, 0.15) is 73.1 Å². The predicted molar refractivity (Wildman–Crippen MR) is 88.1 cm³/mol. The molecular formula is C18H36N2. The van der Waals surface area contributed by atoms with E-state index in [2.05, 4.69) is 44.8 Å². The van der Waals surface area contributed by atoms with Crippen LogP contribution in [0, 0.1) is 10.8 Å². The van der Waals surface area contributed by atoms with E-state index < -0.39 is 0 Å². The molecule has 2 atom stereocenters. The summed E-state index contributed by atoms with van der Waals surface area (Å²) in [6, 6.07) is 1.49. The molecular weight excluding hydrogens is 244 g/mol. The number of hydrogen-bond donors (Lipinski definition) is 1. The van der Waals surface area contributed by atoms with Crippen molar-refractivity contribution in [3.63, 3.8) is 0 Å². The van der Waals surface area contributed by atoms with Crippen LogP contribution in [0.15, 0.2) is 0 Å². The summed E-state index contributed by atoms with van der Waals surface area (Å²) < 4.78 is 0. The van der Waals surface area contributed by atoms with Gasteiger partial charge in [0.15, 0.2) is 0 Å². The van der Waals surface area contributed by atoms with Gasteiger partial charge in [-0.25, -0.2) is 0 Å². The summed E-state index contributed by atoms with van der Waals surface area (Å²) in [6.45, 7) is 15.8. The maximum Gasteiger partial charge on any atom is 0.0254 e. The third-order valence-electron chi connectivity index (χ3n) is 6.15. The second-order valence-corrected chi connectivity index (χ2v) is 8.34. The molecule has 20 heavy (non-hydrogen) atoms. The number of likely N-dealkylation sites (N-methyl/N-ethyl adjacent to an activating group) is 1. The van der Waals surface area contributed by atoms with Gasteiger partial charge in [0, 0.05) is 12.1 Å². The molecule has 1 saturated heterocycles. The molecule has 0 radical (unpaired) electrons. The Morgan fingerprint density at radius 2 is 1.70 bits per heavy atom. The molecule has 0 aromatic carbocycles. The molecule has 1 saturated carbocycles. The lowest BCUT2D eigenvalue weighted by molar-refractivity contribution is 0.0208. The van der Waals surface area contributed by atoms with Gasteiger partial charge in [-0.15, -0.1) is 0 Å². The first kappa shape index (κ1) is 16.3. The van der Waals surface area contributed by atoms with Crippen molar-refractivity contribution < 1.29 is 0 Å². The third-order valence-corrected chi connectivity index (χ3v) is 6.15. The number of likely N-dealkylation sites (tertiary alicyclic amines) is 1. The van der Waals surface area contributed by atoms with Crippen molar-refractivity contribution in [1.29, 1.82) is 0 Å². The minimum Gasteiger partial charge on any atom is -0.313 e. The molecule has 2 rings (SSSR count). The largest absolute Gasteiger partial charge is 0.313 e. The minimum absolute atomic E-state index is 0.530. The molecule has 1 heterocycles. The summed E-state index contributed by atoms with van der Waals surface area (Å²) in [6.07, 6.45) is 8.22. The monoisotopic (exact) mass is 280 g/mol. The van der Waals surface area contributed by atoms with E-state index in [9.17, 15) is 0 Å². The van der Waals surface area contributed by atoms with E-state index in [1.165, 1.54) is 51.6 Å². The SMILES string of the molecule is CCNC1CCC(C)(C)CC1N1CCC(C)(CC)CC1. The molecule has 2 nitrogen and oxygen atoms in total. The zero-order chi connectivity index (χ0) is 14.8. The molecule has 1 N–H and O–H groups in total. The Bertz CT molecular complexity index is 303. The Hall–Kier alpha value is -0.0800. The van der Waals surface area contributed by atoms with Crippen LogP contribution in [0.4, 0.5) is 0 Å². The van der Waals surface area contributed by atoms with Gasteiger partial charge >= 0.3 is 0 Å². The van der Waals surface area contributed by atoms with Gasteiger partial charge in [-0.3, -0.25) is 4.90 Å². The van der Waals surface area contributed by atoms with Crippen molar-refractivity contribution in [1.82, 2.24) is 10.2 Å². The van der Waals surface area contributed by atoms with Crippen LogP contribution < -0.4 is 5.32 Å². The zero-order valence-electron chi connectivity index (χ0n) is 14.5. The summed E-state index contributed by atoms with van der Waals surface area (Å²) in [7, 11) is 0. The third kappa shape index (κ3) is 3.76. The van der Waals surface area contributed by atoms with E-state index in [1.807, 2.05) is 0 Å². The van der Waals surface area contributed by atoms with Crippen LogP contribution in [0.2, 0.25) is 0 Å². The number of hydrogen-bond acceptors (Lipinski definition) is 2. The molecule has 1 aliphatic carbocycles. The quantitative estimate of drug-likeness (QED) is 0.835. The maximum absolute atomic E-state index is 3.76. The van der Waals surface area contributed by atoms with Gasteiger partial charge in [0.1, 0.15) is 0 Å². The fraction of sp³-hybridized carbons (Fsp3) is 1.00. The van der Waals surface area contributed by atoms with Gasteiger partial charge in [-0.2, -0.15) is 0 Å². The van der Waals surface area contributed by atoms with E-state index in [-0.39, 0.29) is 0 Å². The van der Waals surface area contributed by atoms with Gasteiger partial charge in [-0.05, 0) is 62.6 Å². The van der Waals surface area contributed by atoms with Crippen molar-refractivity contribution in [3.8, 4) is 0 Å².